The molecular formula is C21H39NO4. The van der Waals surface area contributed by atoms with Gasteiger partial charge >= 0.3 is 0 Å². The van der Waals surface area contributed by atoms with Crippen molar-refractivity contribution in [2.75, 3.05) is 13.2 Å². The van der Waals surface area contributed by atoms with Gasteiger partial charge in [0, 0.05) is 19.4 Å². The highest BCUT2D eigenvalue weighted by atomic mass is 16.3. The molecule has 0 saturated heterocycles. The van der Waals surface area contributed by atoms with E-state index in [1.165, 1.54) is 25.7 Å². The number of unbranched alkanes of at least 4 members (excludes halogenated alkanes) is 9. The zero-order chi connectivity index (χ0) is 19.5. The van der Waals surface area contributed by atoms with Crippen LogP contribution in [0.25, 0.3) is 0 Å². The quantitative estimate of drug-likeness (QED) is 0.254. The van der Waals surface area contributed by atoms with Crippen molar-refractivity contribution in [1.82, 2.24) is 5.32 Å². The van der Waals surface area contributed by atoms with Crippen molar-refractivity contribution in [2.24, 2.45) is 0 Å². The van der Waals surface area contributed by atoms with Crippen molar-refractivity contribution < 1.29 is 19.8 Å². The Morgan fingerprint density at radius 1 is 0.923 bits per heavy atom. The highest BCUT2D eigenvalue weighted by molar-refractivity contribution is 5.89. The second-order valence-electron chi connectivity index (χ2n) is 6.98. The molecule has 26 heavy (non-hydrogen) atoms. The molecule has 0 aromatic carbocycles. The molecule has 3 N–H and O–H groups in total. The lowest BCUT2D eigenvalue weighted by atomic mass is 10.1. The lowest BCUT2D eigenvalue weighted by Gasteiger charge is -2.08. The van der Waals surface area contributed by atoms with Crippen molar-refractivity contribution in [1.29, 1.82) is 0 Å². The van der Waals surface area contributed by atoms with E-state index in [-0.39, 0.29) is 24.8 Å². The largest absolute Gasteiger partial charge is 0.394 e. The molecule has 5 nitrogen and oxygen atoms in total. The van der Waals surface area contributed by atoms with Gasteiger partial charge in [-0.05, 0) is 31.8 Å². The molecule has 0 spiro atoms. The molecule has 1 atom stereocenters. The van der Waals surface area contributed by atoms with Crippen molar-refractivity contribution in [3.05, 3.63) is 12.2 Å². The van der Waals surface area contributed by atoms with Gasteiger partial charge < -0.3 is 15.5 Å². The first-order valence-electron chi connectivity index (χ1n) is 10.3. The molecule has 0 saturated carbocycles. The third-order valence-corrected chi connectivity index (χ3v) is 4.35. The van der Waals surface area contributed by atoms with Crippen molar-refractivity contribution >= 4 is 11.7 Å². The van der Waals surface area contributed by atoms with E-state index in [9.17, 15) is 9.59 Å². The molecule has 5 heteroatoms. The number of aliphatic hydroxyl groups is 2. The number of hydrogen-bond donors (Lipinski definition) is 3. The summed E-state index contributed by atoms with van der Waals surface area (Å²) in [4.78, 5) is 23.2. The second kappa shape index (κ2) is 18.6. The van der Waals surface area contributed by atoms with Gasteiger partial charge in [0.05, 0.1) is 12.7 Å². The molecule has 0 aliphatic heterocycles. The number of allylic oxidation sites excluding steroid dienone is 2. The number of rotatable bonds is 18. The topological polar surface area (TPSA) is 86.6 Å². The van der Waals surface area contributed by atoms with Crippen molar-refractivity contribution in [3.8, 4) is 0 Å². The average Bonchev–Trinajstić information content (AvgIpc) is 2.64. The maximum absolute atomic E-state index is 11.7. The molecule has 0 aromatic heterocycles. The fraction of sp³-hybridized carbons (Fsp3) is 0.810. The highest BCUT2D eigenvalue weighted by Gasteiger charge is 2.05. The lowest BCUT2D eigenvalue weighted by Crippen LogP contribution is -2.33. The van der Waals surface area contributed by atoms with Crippen molar-refractivity contribution in [2.45, 2.75) is 96.5 Å². The Balaban J connectivity index is 3.41. The molecule has 0 aliphatic carbocycles. The number of aliphatic hydroxyl groups excluding tert-OH is 2. The van der Waals surface area contributed by atoms with E-state index >= 15 is 0 Å². The van der Waals surface area contributed by atoms with E-state index < -0.39 is 6.10 Å². The molecule has 0 rings (SSSR count). The molecule has 0 bridgehead atoms. The van der Waals surface area contributed by atoms with Gasteiger partial charge in [0.25, 0.3) is 0 Å². The molecule has 0 radical (unpaired) electrons. The van der Waals surface area contributed by atoms with Crippen LogP contribution in [0.3, 0.4) is 0 Å². The number of nitrogens with one attached hydrogen (secondary N) is 1. The second-order valence-corrected chi connectivity index (χ2v) is 6.98. The summed E-state index contributed by atoms with van der Waals surface area (Å²) in [6.45, 7) is 1.97. The minimum absolute atomic E-state index is 0.0855. The van der Waals surface area contributed by atoms with Gasteiger partial charge in [-0.3, -0.25) is 9.59 Å². The van der Waals surface area contributed by atoms with Gasteiger partial charge in [-0.1, -0.05) is 57.9 Å². The van der Waals surface area contributed by atoms with Gasteiger partial charge in [-0.2, -0.15) is 0 Å². The van der Waals surface area contributed by atoms with Crippen LogP contribution in [0.2, 0.25) is 0 Å². The van der Waals surface area contributed by atoms with Crippen LogP contribution in [-0.4, -0.2) is 41.2 Å². The predicted molar refractivity (Wildman–Crippen MR) is 106 cm³/mol. The lowest BCUT2D eigenvalue weighted by molar-refractivity contribution is -0.121. The molecule has 0 aliphatic rings. The molecular weight excluding hydrogens is 330 g/mol. The third kappa shape index (κ3) is 17.6. The van der Waals surface area contributed by atoms with E-state index in [0.29, 0.717) is 12.8 Å². The summed E-state index contributed by atoms with van der Waals surface area (Å²) in [7, 11) is 0. The molecule has 0 heterocycles. The minimum atomic E-state index is -0.880. The Morgan fingerprint density at radius 3 is 2.23 bits per heavy atom. The monoisotopic (exact) mass is 369 g/mol. The van der Waals surface area contributed by atoms with Crippen molar-refractivity contribution in [3.63, 3.8) is 0 Å². The fourth-order valence-electron chi connectivity index (χ4n) is 2.66. The maximum atomic E-state index is 11.7. The summed E-state index contributed by atoms with van der Waals surface area (Å²) in [5.74, 6) is 0.153. The maximum Gasteiger partial charge on any atom is 0.220 e. The Bertz CT molecular complexity index is 382. The van der Waals surface area contributed by atoms with Crippen LogP contribution in [-0.2, 0) is 9.59 Å². The van der Waals surface area contributed by atoms with E-state index in [1.54, 1.807) is 6.08 Å². The van der Waals surface area contributed by atoms with E-state index in [1.807, 2.05) is 6.08 Å². The van der Waals surface area contributed by atoms with Gasteiger partial charge in [0.1, 0.15) is 0 Å². The van der Waals surface area contributed by atoms with Gasteiger partial charge in [-0.15, -0.1) is 0 Å². The van der Waals surface area contributed by atoms with Gasteiger partial charge in [0.2, 0.25) is 5.91 Å². The number of amides is 1. The first-order chi connectivity index (χ1) is 12.6. The number of carbonyl (C=O) groups excluding carboxylic acids is 2. The zero-order valence-electron chi connectivity index (χ0n) is 16.5. The summed E-state index contributed by atoms with van der Waals surface area (Å²) in [5.41, 5.74) is 0. The Morgan fingerprint density at radius 2 is 1.54 bits per heavy atom. The summed E-state index contributed by atoms with van der Waals surface area (Å²) in [6, 6.07) is 0. The summed E-state index contributed by atoms with van der Waals surface area (Å²) < 4.78 is 0. The zero-order valence-corrected chi connectivity index (χ0v) is 16.5. The molecule has 1 unspecified atom stereocenters. The van der Waals surface area contributed by atoms with Crippen LogP contribution >= 0.6 is 0 Å². The van der Waals surface area contributed by atoms with E-state index in [4.69, 9.17) is 10.2 Å². The minimum Gasteiger partial charge on any atom is -0.394 e. The first kappa shape index (κ1) is 24.8. The predicted octanol–water partition coefficient (Wildman–Crippen LogP) is 3.67. The number of carbonyl (C=O) groups is 2. The number of hydrogen-bond acceptors (Lipinski definition) is 4. The van der Waals surface area contributed by atoms with Gasteiger partial charge in [0.15, 0.2) is 5.78 Å². The molecule has 0 aromatic rings. The van der Waals surface area contributed by atoms with Crippen LogP contribution in [0.15, 0.2) is 12.2 Å². The SMILES string of the molecule is CCCCCCCCC(=O)/C=C/CCCCCCC(=O)NCC(O)CO. The highest BCUT2D eigenvalue weighted by Crippen LogP contribution is 2.08. The average molecular weight is 370 g/mol. The standard InChI is InChI=1S/C21H39NO4/c1-2-3-4-5-8-11-14-19(24)15-12-9-6-7-10-13-16-21(26)22-17-20(25)18-23/h12,15,20,23,25H,2-11,13-14,16-18H2,1H3,(H,22,26)/b15-12+. The molecule has 1 amide bonds. The Hall–Kier alpha value is -1.20. The van der Waals surface area contributed by atoms with Crippen LogP contribution < -0.4 is 5.32 Å². The normalized spacial score (nSPS) is 12.4. The van der Waals surface area contributed by atoms with Crippen LogP contribution in [0.5, 0.6) is 0 Å². The van der Waals surface area contributed by atoms with Crippen LogP contribution in [0, 0.1) is 0 Å². The third-order valence-electron chi connectivity index (χ3n) is 4.35. The Kier molecular flexibility index (Phi) is 17.7. The van der Waals surface area contributed by atoms with Crippen LogP contribution in [0.1, 0.15) is 90.4 Å². The fourth-order valence-corrected chi connectivity index (χ4v) is 2.66. The molecule has 0 fully saturated rings. The van der Waals surface area contributed by atoms with E-state index in [2.05, 4.69) is 12.2 Å². The van der Waals surface area contributed by atoms with E-state index in [0.717, 1.165) is 44.9 Å². The molecule has 152 valence electrons. The number of ketones is 1. The summed E-state index contributed by atoms with van der Waals surface area (Å²) in [5, 5.41) is 20.4. The Labute approximate surface area is 159 Å². The summed E-state index contributed by atoms with van der Waals surface area (Å²) in [6.07, 6.45) is 16.0. The van der Waals surface area contributed by atoms with Gasteiger partial charge in [-0.25, -0.2) is 0 Å². The van der Waals surface area contributed by atoms with Crippen LogP contribution in [0.4, 0.5) is 0 Å². The smallest absolute Gasteiger partial charge is 0.220 e. The first-order valence-corrected chi connectivity index (χ1v) is 10.3. The summed E-state index contributed by atoms with van der Waals surface area (Å²) >= 11 is 0.